The summed E-state index contributed by atoms with van der Waals surface area (Å²) >= 11 is 0. The minimum atomic E-state index is -1.50. The summed E-state index contributed by atoms with van der Waals surface area (Å²) in [7, 11) is 3.55. The first-order valence-corrected chi connectivity index (χ1v) is 9.73. The predicted molar refractivity (Wildman–Crippen MR) is 108 cm³/mol. The van der Waals surface area contributed by atoms with E-state index in [0.717, 1.165) is 28.6 Å². The van der Waals surface area contributed by atoms with Crippen molar-refractivity contribution >= 4 is 16.8 Å². The van der Waals surface area contributed by atoms with Crippen LogP contribution in [0.2, 0.25) is 0 Å². The number of carbonyl (C=O) groups excluding carboxylic acids is 1. The summed E-state index contributed by atoms with van der Waals surface area (Å²) in [6.07, 6.45) is 5.62. The first kappa shape index (κ1) is 19.3. The minimum Gasteiger partial charge on any atom is -0.349 e. The number of fused-ring (bicyclic) bond motifs is 2. The number of benzene rings is 1. The highest BCUT2D eigenvalue weighted by Gasteiger charge is 2.29. The van der Waals surface area contributed by atoms with Crippen LogP contribution in [0, 0.1) is 17.5 Å². The molecule has 4 aromatic rings. The molecule has 0 bridgehead atoms. The van der Waals surface area contributed by atoms with Crippen molar-refractivity contribution in [3.63, 3.8) is 0 Å². The molecule has 0 spiro atoms. The van der Waals surface area contributed by atoms with Crippen molar-refractivity contribution in [1.82, 2.24) is 24.2 Å². The molecule has 0 N–H and O–H groups in total. The highest BCUT2D eigenvalue weighted by molar-refractivity contribution is 6.06. The van der Waals surface area contributed by atoms with Gasteiger partial charge in [-0.1, -0.05) is 0 Å². The molecule has 3 aromatic heterocycles. The van der Waals surface area contributed by atoms with Crippen LogP contribution in [-0.4, -0.2) is 36.7 Å². The maximum Gasteiger partial charge on any atom is 0.256 e. The second-order valence-corrected chi connectivity index (χ2v) is 7.67. The van der Waals surface area contributed by atoms with E-state index in [1.54, 1.807) is 24.3 Å². The number of carbonyl (C=O) groups is 1. The van der Waals surface area contributed by atoms with E-state index in [9.17, 15) is 18.0 Å². The minimum absolute atomic E-state index is 0.152. The van der Waals surface area contributed by atoms with Gasteiger partial charge in [0.25, 0.3) is 5.91 Å². The van der Waals surface area contributed by atoms with Crippen molar-refractivity contribution in [2.75, 3.05) is 6.54 Å². The van der Waals surface area contributed by atoms with Crippen LogP contribution in [0.15, 0.2) is 36.8 Å². The molecule has 1 amide bonds. The molecule has 158 valence electrons. The molecule has 9 heteroatoms. The summed E-state index contributed by atoms with van der Waals surface area (Å²) in [4.78, 5) is 19.1. The van der Waals surface area contributed by atoms with E-state index in [-0.39, 0.29) is 18.0 Å². The number of hydrogen-bond donors (Lipinski definition) is 0. The average Bonchev–Trinajstić information content (AvgIpc) is 3.29. The van der Waals surface area contributed by atoms with Crippen LogP contribution in [0.1, 0.15) is 21.6 Å². The van der Waals surface area contributed by atoms with Crippen LogP contribution in [0.25, 0.3) is 22.2 Å². The summed E-state index contributed by atoms with van der Waals surface area (Å²) in [6.45, 7) is 0.678. The Balaban J connectivity index is 1.49. The molecular formula is C22H18F3N5O. The fraction of sp³-hybridized carbons (Fsp3) is 0.227. The van der Waals surface area contributed by atoms with Gasteiger partial charge in [0.15, 0.2) is 17.5 Å². The van der Waals surface area contributed by atoms with Gasteiger partial charge in [-0.2, -0.15) is 5.10 Å². The molecule has 4 heterocycles. The molecule has 0 aliphatic carbocycles. The maximum absolute atomic E-state index is 13.8. The fourth-order valence-corrected chi connectivity index (χ4v) is 4.27. The third kappa shape index (κ3) is 2.99. The van der Waals surface area contributed by atoms with Crippen molar-refractivity contribution in [3.8, 4) is 11.3 Å². The van der Waals surface area contributed by atoms with Gasteiger partial charge in [0.1, 0.15) is 0 Å². The van der Waals surface area contributed by atoms with E-state index in [2.05, 4.69) is 10.1 Å². The van der Waals surface area contributed by atoms with Gasteiger partial charge in [0.2, 0.25) is 0 Å². The number of aromatic nitrogens is 4. The number of pyridine rings is 1. The third-order valence-corrected chi connectivity index (χ3v) is 5.79. The van der Waals surface area contributed by atoms with Crippen molar-refractivity contribution < 1.29 is 18.0 Å². The Kier molecular flexibility index (Phi) is 4.35. The third-order valence-electron chi connectivity index (χ3n) is 5.79. The Morgan fingerprint density at radius 2 is 1.84 bits per heavy atom. The van der Waals surface area contributed by atoms with Gasteiger partial charge < -0.3 is 9.47 Å². The lowest BCUT2D eigenvalue weighted by atomic mass is 9.99. The van der Waals surface area contributed by atoms with Crippen LogP contribution in [-0.2, 0) is 27.1 Å². The SMILES string of the molecule is Cn1nc2c(c1-c1cc(F)c(F)c(F)c1)CCN(C(=O)c1cncc3c1ccn3C)C2. The Morgan fingerprint density at radius 3 is 2.58 bits per heavy atom. The highest BCUT2D eigenvalue weighted by Crippen LogP contribution is 2.32. The first-order chi connectivity index (χ1) is 14.8. The van der Waals surface area contributed by atoms with Crippen molar-refractivity contribution in [2.24, 2.45) is 14.1 Å². The zero-order chi connectivity index (χ0) is 21.9. The van der Waals surface area contributed by atoms with E-state index in [4.69, 9.17) is 0 Å². The van der Waals surface area contributed by atoms with E-state index in [1.165, 1.54) is 4.68 Å². The van der Waals surface area contributed by atoms with Crippen LogP contribution >= 0.6 is 0 Å². The molecular weight excluding hydrogens is 407 g/mol. The summed E-state index contributed by atoms with van der Waals surface area (Å²) in [6, 6.07) is 3.82. The van der Waals surface area contributed by atoms with Gasteiger partial charge in [-0.15, -0.1) is 0 Å². The van der Waals surface area contributed by atoms with Gasteiger partial charge in [0, 0.05) is 49.5 Å². The molecule has 1 aliphatic rings. The normalized spacial score (nSPS) is 13.6. The second-order valence-electron chi connectivity index (χ2n) is 7.67. The van der Waals surface area contributed by atoms with Crippen LogP contribution in [0.4, 0.5) is 13.2 Å². The largest absolute Gasteiger partial charge is 0.349 e. The Labute approximate surface area is 175 Å². The van der Waals surface area contributed by atoms with E-state index < -0.39 is 17.5 Å². The smallest absolute Gasteiger partial charge is 0.256 e. The Bertz CT molecular complexity index is 1330. The number of aryl methyl sites for hydroxylation is 2. The van der Waals surface area contributed by atoms with E-state index in [0.29, 0.717) is 29.9 Å². The van der Waals surface area contributed by atoms with E-state index >= 15 is 0 Å². The second kappa shape index (κ2) is 6.97. The van der Waals surface area contributed by atoms with Crippen molar-refractivity contribution in [3.05, 3.63) is 71.1 Å². The lowest BCUT2D eigenvalue weighted by molar-refractivity contribution is 0.0734. The van der Waals surface area contributed by atoms with Gasteiger partial charge in [0.05, 0.1) is 35.2 Å². The molecule has 0 atom stereocenters. The molecule has 0 radical (unpaired) electrons. The summed E-state index contributed by atoms with van der Waals surface area (Å²) in [5.41, 5.74) is 3.56. The lowest BCUT2D eigenvalue weighted by Crippen LogP contribution is -2.36. The zero-order valence-corrected chi connectivity index (χ0v) is 16.9. The Hall–Kier alpha value is -3.62. The monoisotopic (exact) mass is 425 g/mol. The van der Waals surface area contributed by atoms with Crippen LogP contribution < -0.4 is 0 Å². The quantitative estimate of drug-likeness (QED) is 0.462. The van der Waals surface area contributed by atoms with Gasteiger partial charge in [-0.3, -0.25) is 14.5 Å². The molecule has 31 heavy (non-hydrogen) atoms. The molecule has 5 rings (SSSR count). The predicted octanol–water partition coefficient (Wildman–Crippen LogP) is 3.59. The van der Waals surface area contributed by atoms with Crippen LogP contribution in [0.5, 0.6) is 0 Å². The van der Waals surface area contributed by atoms with Crippen molar-refractivity contribution in [2.45, 2.75) is 13.0 Å². The van der Waals surface area contributed by atoms with Crippen LogP contribution in [0.3, 0.4) is 0 Å². The number of nitrogens with zero attached hydrogens (tertiary/aromatic N) is 5. The van der Waals surface area contributed by atoms with Gasteiger partial charge >= 0.3 is 0 Å². The summed E-state index contributed by atoms with van der Waals surface area (Å²) < 4.78 is 44.4. The van der Waals surface area contributed by atoms with Crippen molar-refractivity contribution in [1.29, 1.82) is 0 Å². The molecule has 1 aliphatic heterocycles. The number of hydrogen-bond acceptors (Lipinski definition) is 3. The highest BCUT2D eigenvalue weighted by atomic mass is 19.2. The summed E-state index contributed by atoms with van der Waals surface area (Å²) in [5.74, 6) is -4.15. The van der Waals surface area contributed by atoms with Gasteiger partial charge in [-0.25, -0.2) is 13.2 Å². The number of halogens is 3. The molecule has 0 fully saturated rings. The lowest BCUT2D eigenvalue weighted by Gasteiger charge is -2.27. The number of amides is 1. The molecule has 0 unspecified atom stereocenters. The summed E-state index contributed by atoms with van der Waals surface area (Å²) in [5, 5.41) is 5.29. The first-order valence-electron chi connectivity index (χ1n) is 9.73. The molecule has 6 nitrogen and oxygen atoms in total. The molecule has 0 saturated carbocycles. The molecule has 0 saturated heterocycles. The average molecular weight is 425 g/mol. The topological polar surface area (TPSA) is 56.0 Å². The number of rotatable bonds is 2. The molecule has 1 aromatic carbocycles. The van der Waals surface area contributed by atoms with E-state index in [1.807, 2.05) is 23.9 Å². The zero-order valence-electron chi connectivity index (χ0n) is 16.9. The maximum atomic E-state index is 13.8. The Morgan fingerprint density at radius 1 is 1.10 bits per heavy atom. The fourth-order valence-electron chi connectivity index (χ4n) is 4.27. The van der Waals surface area contributed by atoms with Gasteiger partial charge in [-0.05, 0) is 24.6 Å². The standard InChI is InChI=1S/C22H18F3N5O/c1-28-5-3-13-15(9-26-10-19(13)28)22(31)30-6-4-14-18(11-30)27-29(2)21(14)12-7-16(23)20(25)17(24)8-12/h3,5,7-10H,4,6,11H2,1-2H3.